The molecule has 16 nitrogen and oxygen atoms in total. The summed E-state index contributed by atoms with van der Waals surface area (Å²) in [6.07, 6.45) is 0. The maximum Gasteiger partial charge on any atom is 0.344 e. The molecule has 0 aliphatic heterocycles. The number of nitro benzene ring substituents is 2. The van der Waals surface area contributed by atoms with Crippen LogP contribution in [0.4, 0.5) is 11.4 Å². The van der Waals surface area contributed by atoms with E-state index < -0.39 is 73.8 Å². The fourth-order valence-electron chi connectivity index (χ4n) is 4.82. The smallest absolute Gasteiger partial charge is 0.344 e. The third-order valence-electron chi connectivity index (χ3n) is 7.25. The molecule has 0 aliphatic rings. The first-order valence-electron chi connectivity index (χ1n) is 13.6. The fourth-order valence-corrected chi connectivity index (χ4v) is 4.82. The molecule has 0 aromatic heterocycles. The van der Waals surface area contributed by atoms with Crippen molar-refractivity contribution in [1.29, 1.82) is 0 Å². The number of rotatable bonds is 13. The quantitative estimate of drug-likeness (QED) is 0.0624. The van der Waals surface area contributed by atoms with Gasteiger partial charge in [-0.1, -0.05) is 42.5 Å². The van der Waals surface area contributed by atoms with Crippen molar-refractivity contribution in [1.82, 2.24) is 0 Å². The molecule has 0 bridgehead atoms. The Morgan fingerprint density at radius 2 is 1.23 bits per heavy atom. The lowest BCUT2D eigenvalue weighted by Gasteiger charge is -2.28. The van der Waals surface area contributed by atoms with E-state index in [1.165, 1.54) is 67.8 Å². The molecule has 0 fully saturated rings. The molecule has 1 atom stereocenters. The Labute approximate surface area is 269 Å². The first kappa shape index (κ1) is 34.2. The van der Waals surface area contributed by atoms with Gasteiger partial charge in [0.2, 0.25) is 0 Å². The number of methoxy groups -OCH3 is 1. The lowest BCUT2D eigenvalue weighted by atomic mass is 9.76. The summed E-state index contributed by atoms with van der Waals surface area (Å²) >= 11 is 0. The normalized spacial score (nSPS) is 11.9. The van der Waals surface area contributed by atoms with Crippen LogP contribution >= 0.6 is 0 Å². The second-order valence-electron chi connectivity index (χ2n) is 10.0. The highest BCUT2D eigenvalue weighted by Crippen LogP contribution is 2.36. The third-order valence-corrected chi connectivity index (χ3v) is 7.25. The van der Waals surface area contributed by atoms with Crippen molar-refractivity contribution in [3.63, 3.8) is 0 Å². The zero-order valence-electron chi connectivity index (χ0n) is 25.0. The highest BCUT2D eigenvalue weighted by atomic mass is 17.2. The SMILES string of the molecule is COC(=O)C(C)(c1ccc(OOCc2cccc([N+](=O)[O-])c2C(=O)O)cc1)c1ccc(OC(=O)c2cccc([N+](=O)[O-])c2C(=O)O)cc1. The summed E-state index contributed by atoms with van der Waals surface area (Å²) in [5, 5.41) is 41.4. The summed E-state index contributed by atoms with van der Waals surface area (Å²) in [5.41, 5.74) is -3.85. The predicted molar refractivity (Wildman–Crippen MR) is 162 cm³/mol. The van der Waals surface area contributed by atoms with Gasteiger partial charge in [-0.2, -0.15) is 4.89 Å². The van der Waals surface area contributed by atoms with Crippen molar-refractivity contribution in [3.05, 3.63) is 139 Å². The molecular weight excluding hydrogens is 636 g/mol. The standard InChI is InChI=1S/C32H24N2O14/c1-32(31(40)45-2,19-9-13-21(14-10-19)47-30(39)23-6-4-8-25(34(43)44)27(23)29(37)38)20-11-15-22(16-12-20)48-46-17-18-5-3-7-24(33(41)42)26(18)28(35)36/h3-16H,17H2,1-2H3,(H,35,36)(H,37,38). The van der Waals surface area contributed by atoms with E-state index in [-0.39, 0.29) is 17.1 Å². The predicted octanol–water partition coefficient (Wildman–Crippen LogP) is 5.11. The summed E-state index contributed by atoms with van der Waals surface area (Å²) in [4.78, 5) is 80.3. The van der Waals surface area contributed by atoms with Crippen molar-refractivity contribution in [3.8, 4) is 11.5 Å². The Hall–Kier alpha value is -6.68. The number of ether oxygens (including phenoxy) is 2. The van der Waals surface area contributed by atoms with Crippen LogP contribution in [-0.2, 0) is 26.4 Å². The Morgan fingerprint density at radius 3 is 1.73 bits per heavy atom. The highest BCUT2D eigenvalue weighted by Gasteiger charge is 2.38. The average Bonchev–Trinajstić information content (AvgIpc) is 3.07. The van der Waals surface area contributed by atoms with Crippen LogP contribution in [0.1, 0.15) is 54.7 Å². The van der Waals surface area contributed by atoms with Crippen molar-refractivity contribution < 1.29 is 58.5 Å². The molecule has 4 rings (SSSR count). The van der Waals surface area contributed by atoms with Gasteiger partial charge in [0, 0.05) is 17.7 Å². The largest absolute Gasteiger partial charge is 0.477 e. The fraction of sp³-hybridized carbons (Fsp3) is 0.125. The Balaban J connectivity index is 1.52. The van der Waals surface area contributed by atoms with E-state index in [2.05, 4.69) is 0 Å². The van der Waals surface area contributed by atoms with Crippen LogP contribution in [0.5, 0.6) is 11.5 Å². The van der Waals surface area contributed by atoms with Crippen LogP contribution in [0.2, 0.25) is 0 Å². The maximum absolute atomic E-state index is 13.1. The molecule has 4 aromatic carbocycles. The van der Waals surface area contributed by atoms with Crippen LogP contribution in [-0.4, -0.2) is 51.0 Å². The number of nitro groups is 2. The molecule has 1 unspecified atom stereocenters. The van der Waals surface area contributed by atoms with Crippen LogP contribution in [0, 0.1) is 20.2 Å². The molecule has 0 saturated carbocycles. The number of carboxylic acid groups (broad SMARTS) is 2. The third kappa shape index (κ3) is 6.92. The molecule has 0 saturated heterocycles. The van der Waals surface area contributed by atoms with E-state index in [1.54, 1.807) is 6.92 Å². The van der Waals surface area contributed by atoms with E-state index in [0.29, 0.717) is 11.1 Å². The molecule has 2 N–H and O–H groups in total. The van der Waals surface area contributed by atoms with Gasteiger partial charge in [0.15, 0.2) is 11.3 Å². The van der Waals surface area contributed by atoms with Crippen LogP contribution in [0.3, 0.4) is 0 Å². The molecule has 16 heteroatoms. The molecule has 0 heterocycles. The number of carbonyl (C=O) groups is 4. The van der Waals surface area contributed by atoms with Crippen LogP contribution in [0.15, 0.2) is 84.9 Å². The van der Waals surface area contributed by atoms with Crippen molar-refractivity contribution in [2.45, 2.75) is 18.9 Å². The first-order chi connectivity index (χ1) is 22.8. The number of nitrogens with zero attached hydrogens (tertiary/aromatic N) is 2. The number of carbonyl (C=O) groups excluding carboxylic acids is 2. The molecule has 0 amide bonds. The first-order valence-corrected chi connectivity index (χ1v) is 13.6. The van der Waals surface area contributed by atoms with Gasteiger partial charge in [-0.3, -0.25) is 25.0 Å². The second kappa shape index (κ2) is 14.2. The van der Waals surface area contributed by atoms with Gasteiger partial charge in [-0.05, 0) is 48.4 Å². The summed E-state index contributed by atoms with van der Waals surface area (Å²) in [6.45, 7) is 1.14. The summed E-state index contributed by atoms with van der Waals surface area (Å²) in [6, 6.07) is 18.5. The van der Waals surface area contributed by atoms with E-state index in [4.69, 9.17) is 19.2 Å². The average molecular weight is 661 g/mol. The maximum atomic E-state index is 13.1. The van der Waals surface area contributed by atoms with Gasteiger partial charge in [-0.15, -0.1) is 0 Å². The number of hydrogen-bond acceptors (Lipinski definition) is 12. The molecule has 4 aromatic rings. The number of benzene rings is 4. The second-order valence-corrected chi connectivity index (χ2v) is 10.0. The van der Waals surface area contributed by atoms with E-state index in [0.717, 1.165) is 24.3 Å². The van der Waals surface area contributed by atoms with Crippen molar-refractivity contribution >= 4 is 35.3 Å². The monoisotopic (exact) mass is 660 g/mol. The molecule has 0 aliphatic carbocycles. The Bertz CT molecular complexity index is 1920. The Kier molecular flexibility index (Phi) is 10.1. The van der Waals surface area contributed by atoms with Crippen LogP contribution < -0.4 is 9.62 Å². The number of esters is 2. The lowest BCUT2D eigenvalue weighted by molar-refractivity contribution is -0.385. The minimum absolute atomic E-state index is 0.00752. The van der Waals surface area contributed by atoms with Gasteiger partial charge in [0.1, 0.15) is 23.3 Å². The van der Waals surface area contributed by atoms with Gasteiger partial charge >= 0.3 is 23.9 Å². The number of aromatic carboxylic acids is 2. The van der Waals surface area contributed by atoms with E-state index in [9.17, 15) is 49.6 Å². The molecule has 246 valence electrons. The zero-order valence-corrected chi connectivity index (χ0v) is 25.0. The summed E-state index contributed by atoms with van der Waals surface area (Å²) < 4.78 is 10.3. The molecular formula is C32H24N2O14. The molecule has 0 spiro atoms. The zero-order chi connectivity index (χ0) is 35.2. The van der Waals surface area contributed by atoms with Crippen molar-refractivity contribution in [2.75, 3.05) is 7.11 Å². The van der Waals surface area contributed by atoms with E-state index in [1.807, 2.05) is 0 Å². The molecule has 0 radical (unpaired) electrons. The molecule has 48 heavy (non-hydrogen) atoms. The summed E-state index contributed by atoms with van der Waals surface area (Å²) in [7, 11) is 1.19. The van der Waals surface area contributed by atoms with Crippen LogP contribution in [0.25, 0.3) is 0 Å². The van der Waals surface area contributed by atoms with Gasteiger partial charge in [-0.25, -0.2) is 14.4 Å². The van der Waals surface area contributed by atoms with Gasteiger partial charge < -0.3 is 24.6 Å². The summed E-state index contributed by atoms with van der Waals surface area (Å²) in [5.74, 6) is -4.90. The minimum Gasteiger partial charge on any atom is -0.477 e. The van der Waals surface area contributed by atoms with E-state index >= 15 is 0 Å². The number of carboxylic acids is 2. The van der Waals surface area contributed by atoms with Crippen molar-refractivity contribution in [2.24, 2.45) is 0 Å². The van der Waals surface area contributed by atoms with Gasteiger partial charge in [0.25, 0.3) is 11.4 Å². The lowest BCUT2D eigenvalue weighted by Crippen LogP contribution is -2.35. The minimum atomic E-state index is -1.68. The Morgan fingerprint density at radius 1 is 0.729 bits per heavy atom. The number of hydrogen-bond donors (Lipinski definition) is 2. The topological polar surface area (TPSA) is 232 Å². The van der Waals surface area contributed by atoms with Gasteiger partial charge in [0.05, 0.1) is 22.5 Å². The highest BCUT2D eigenvalue weighted by molar-refractivity contribution is 6.06.